The zero-order valence-corrected chi connectivity index (χ0v) is 16.7. The Balaban J connectivity index is 2.10. The van der Waals surface area contributed by atoms with Crippen LogP contribution in [-0.4, -0.2) is 47.5 Å². The summed E-state index contributed by atoms with van der Waals surface area (Å²) in [6.45, 7) is 2.78. The van der Waals surface area contributed by atoms with Crippen LogP contribution < -0.4 is 24.4 Å². The van der Waals surface area contributed by atoms with Gasteiger partial charge in [0.25, 0.3) is 0 Å². The SMILES string of the molecule is COc1cc(Cc2c(N3CCNCC3)cccc2C(F)(F)F)cc(OC)c1OC. The average Bonchev–Trinajstić information content (AvgIpc) is 2.72. The maximum absolute atomic E-state index is 13.8. The van der Waals surface area contributed by atoms with Crippen LogP contribution in [-0.2, 0) is 12.6 Å². The van der Waals surface area contributed by atoms with Gasteiger partial charge in [0.1, 0.15) is 0 Å². The molecular formula is C21H25F3N2O3. The Bertz CT molecular complexity index is 825. The van der Waals surface area contributed by atoms with E-state index in [1.165, 1.54) is 27.4 Å². The fourth-order valence-corrected chi connectivity index (χ4v) is 3.67. The van der Waals surface area contributed by atoms with E-state index in [4.69, 9.17) is 14.2 Å². The number of alkyl halides is 3. The van der Waals surface area contributed by atoms with E-state index >= 15 is 0 Å². The minimum absolute atomic E-state index is 0.0889. The van der Waals surface area contributed by atoms with Crippen LogP contribution in [0.5, 0.6) is 17.2 Å². The van der Waals surface area contributed by atoms with Gasteiger partial charge in [0.2, 0.25) is 5.75 Å². The molecule has 0 radical (unpaired) electrons. The summed E-state index contributed by atoms with van der Waals surface area (Å²) in [5.74, 6) is 1.23. The molecule has 8 heteroatoms. The van der Waals surface area contributed by atoms with Crippen LogP contribution in [0.25, 0.3) is 0 Å². The minimum Gasteiger partial charge on any atom is -0.493 e. The summed E-state index contributed by atoms with van der Waals surface area (Å²) in [6.07, 6.45) is -4.36. The van der Waals surface area contributed by atoms with Crippen molar-refractivity contribution in [1.82, 2.24) is 5.32 Å². The lowest BCUT2D eigenvalue weighted by molar-refractivity contribution is -0.138. The quantitative estimate of drug-likeness (QED) is 0.786. The third kappa shape index (κ3) is 4.53. The second kappa shape index (κ2) is 8.82. The molecule has 2 aromatic carbocycles. The summed E-state index contributed by atoms with van der Waals surface area (Å²) in [4.78, 5) is 2.00. The lowest BCUT2D eigenvalue weighted by atomic mass is 9.96. The van der Waals surface area contributed by atoms with Crippen molar-refractivity contribution in [2.24, 2.45) is 0 Å². The number of rotatable bonds is 6. The van der Waals surface area contributed by atoms with Crippen molar-refractivity contribution in [3.8, 4) is 17.2 Å². The largest absolute Gasteiger partial charge is 0.493 e. The van der Waals surface area contributed by atoms with Crippen LogP contribution in [0.3, 0.4) is 0 Å². The van der Waals surface area contributed by atoms with E-state index in [1.54, 1.807) is 18.2 Å². The zero-order valence-electron chi connectivity index (χ0n) is 16.7. The Morgan fingerprint density at radius 2 is 1.59 bits per heavy atom. The minimum atomic E-state index is -4.44. The normalized spacial score (nSPS) is 14.6. The molecule has 0 unspecified atom stereocenters. The summed E-state index contributed by atoms with van der Waals surface area (Å²) in [6, 6.07) is 7.75. The van der Waals surface area contributed by atoms with Crippen molar-refractivity contribution in [1.29, 1.82) is 0 Å². The van der Waals surface area contributed by atoms with E-state index in [1.807, 2.05) is 4.90 Å². The highest BCUT2D eigenvalue weighted by Crippen LogP contribution is 2.41. The van der Waals surface area contributed by atoms with Crippen molar-refractivity contribution < 1.29 is 27.4 Å². The standard InChI is InChI=1S/C21H25F3N2O3/c1-27-18-12-14(13-19(28-2)20(18)29-3)11-15-16(21(22,23)24)5-4-6-17(15)26-9-7-25-8-10-26/h4-6,12-13,25H,7-11H2,1-3H3. The molecule has 158 valence electrons. The maximum atomic E-state index is 13.8. The molecule has 0 bridgehead atoms. The second-order valence-electron chi connectivity index (χ2n) is 6.75. The highest BCUT2D eigenvalue weighted by molar-refractivity contribution is 5.61. The highest BCUT2D eigenvalue weighted by Gasteiger charge is 2.35. The topological polar surface area (TPSA) is 43.0 Å². The van der Waals surface area contributed by atoms with Gasteiger partial charge in [0.05, 0.1) is 26.9 Å². The lowest BCUT2D eigenvalue weighted by Crippen LogP contribution is -2.44. The van der Waals surface area contributed by atoms with Crippen molar-refractivity contribution in [2.45, 2.75) is 12.6 Å². The fourth-order valence-electron chi connectivity index (χ4n) is 3.67. The van der Waals surface area contributed by atoms with Gasteiger partial charge in [-0.05, 0) is 35.4 Å². The second-order valence-corrected chi connectivity index (χ2v) is 6.75. The molecule has 1 fully saturated rings. The molecule has 0 spiro atoms. The number of nitrogens with one attached hydrogen (secondary N) is 1. The number of nitrogens with zero attached hydrogens (tertiary/aromatic N) is 1. The average molecular weight is 410 g/mol. The molecular weight excluding hydrogens is 385 g/mol. The third-order valence-electron chi connectivity index (χ3n) is 5.02. The predicted molar refractivity (Wildman–Crippen MR) is 105 cm³/mol. The number of piperazine rings is 1. The van der Waals surface area contributed by atoms with Gasteiger partial charge in [-0.3, -0.25) is 0 Å². The third-order valence-corrected chi connectivity index (χ3v) is 5.02. The van der Waals surface area contributed by atoms with Crippen molar-refractivity contribution in [3.05, 3.63) is 47.0 Å². The molecule has 5 nitrogen and oxygen atoms in total. The zero-order chi connectivity index (χ0) is 21.0. The Morgan fingerprint density at radius 1 is 0.966 bits per heavy atom. The number of anilines is 1. The number of methoxy groups -OCH3 is 3. The van der Waals surface area contributed by atoms with Gasteiger partial charge in [0.15, 0.2) is 11.5 Å². The number of hydrogen-bond donors (Lipinski definition) is 1. The first-order valence-corrected chi connectivity index (χ1v) is 9.32. The van der Waals surface area contributed by atoms with E-state index in [-0.39, 0.29) is 12.0 Å². The van der Waals surface area contributed by atoms with E-state index in [9.17, 15) is 13.2 Å². The van der Waals surface area contributed by atoms with Crippen molar-refractivity contribution >= 4 is 5.69 Å². The molecule has 1 aliphatic heterocycles. The molecule has 0 aliphatic carbocycles. The summed E-state index contributed by atoms with van der Waals surface area (Å²) in [5, 5.41) is 3.23. The van der Waals surface area contributed by atoms with Gasteiger partial charge < -0.3 is 24.4 Å². The van der Waals surface area contributed by atoms with Crippen LogP contribution >= 0.6 is 0 Å². The Morgan fingerprint density at radius 3 is 2.10 bits per heavy atom. The van der Waals surface area contributed by atoms with Crippen LogP contribution in [0.15, 0.2) is 30.3 Å². The van der Waals surface area contributed by atoms with Gasteiger partial charge in [-0.1, -0.05) is 6.07 Å². The van der Waals surface area contributed by atoms with Gasteiger partial charge in [-0.15, -0.1) is 0 Å². The molecule has 1 aliphatic rings. The van der Waals surface area contributed by atoms with Crippen LogP contribution in [0.4, 0.5) is 18.9 Å². The molecule has 29 heavy (non-hydrogen) atoms. The molecule has 0 atom stereocenters. The molecule has 1 N–H and O–H groups in total. The Labute approximate surface area is 168 Å². The number of hydrogen-bond acceptors (Lipinski definition) is 5. The monoisotopic (exact) mass is 410 g/mol. The van der Waals surface area contributed by atoms with E-state index in [0.29, 0.717) is 41.6 Å². The van der Waals surface area contributed by atoms with Crippen molar-refractivity contribution in [3.63, 3.8) is 0 Å². The summed E-state index contributed by atoms with van der Waals surface area (Å²) >= 11 is 0. The van der Waals surface area contributed by atoms with Gasteiger partial charge in [0, 0.05) is 38.3 Å². The maximum Gasteiger partial charge on any atom is 0.416 e. The molecule has 0 amide bonds. The molecule has 1 heterocycles. The van der Waals surface area contributed by atoms with E-state index in [2.05, 4.69) is 5.32 Å². The number of benzene rings is 2. The van der Waals surface area contributed by atoms with E-state index in [0.717, 1.165) is 19.2 Å². The molecule has 2 aromatic rings. The number of ether oxygens (including phenoxy) is 3. The van der Waals surface area contributed by atoms with Gasteiger partial charge >= 0.3 is 6.18 Å². The van der Waals surface area contributed by atoms with Crippen molar-refractivity contribution in [2.75, 3.05) is 52.4 Å². The lowest BCUT2D eigenvalue weighted by Gasteiger charge is -2.32. The van der Waals surface area contributed by atoms with Crippen LogP contribution in [0, 0.1) is 0 Å². The van der Waals surface area contributed by atoms with Crippen LogP contribution in [0.1, 0.15) is 16.7 Å². The summed E-state index contributed by atoms with van der Waals surface area (Å²) in [7, 11) is 4.45. The Kier molecular flexibility index (Phi) is 6.42. The first-order valence-electron chi connectivity index (χ1n) is 9.32. The van der Waals surface area contributed by atoms with E-state index < -0.39 is 11.7 Å². The molecule has 3 rings (SSSR count). The predicted octanol–water partition coefficient (Wildman–Crippen LogP) is 3.73. The fraction of sp³-hybridized carbons (Fsp3) is 0.429. The summed E-state index contributed by atoms with van der Waals surface area (Å²) in [5.41, 5.74) is 0.876. The Hall–Kier alpha value is -2.61. The molecule has 0 saturated carbocycles. The smallest absolute Gasteiger partial charge is 0.416 e. The van der Waals surface area contributed by atoms with Crippen LogP contribution in [0.2, 0.25) is 0 Å². The molecule has 0 aromatic heterocycles. The van der Waals surface area contributed by atoms with Gasteiger partial charge in [-0.2, -0.15) is 13.2 Å². The first kappa shape index (κ1) is 21.1. The summed E-state index contributed by atoms with van der Waals surface area (Å²) < 4.78 is 57.4. The number of halogens is 3. The first-order chi connectivity index (χ1) is 13.9. The van der Waals surface area contributed by atoms with Gasteiger partial charge in [-0.25, -0.2) is 0 Å². The highest BCUT2D eigenvalue weighted by atomic mass is 19.4. The molecule has 1 saturated heterocycles.